The van der Waals surface area contributed by atoms with Gasteiger partial charge < -0.3 is 10.2 Å². The van der Waals surface area contributed by atoms with E-state index in [1.165, 1.54) is 12.8 Å². The summed E-state index contributed by atoms with van der Waals surface area (Å²) in [5, 5.41) is 2.79. The van der Waals surface area contributed by atoms with Gasteiger partial charge in [0.05, 0.1) is 0 Å². The monoisotopic (exact) mass is 254 g/mol. The Hall–Kier alpha value is -1.06. The van der Waals surface area contributed by atoms with Gasteiger partial charge in [-0.25, -0.2) is 0 Å². The lowest BCUT2D eigenvalue weighted by Gasteiger charge is -2.33. The zero-order valence-electron chi connectivity index (χ0n) is 12.1. The van der Waals surface area contributed by atoms with Gasteiger partial charge in [0.1, 0.15) is 5.54 Å². The van der Waals surface area contributed by atoms with Crippen molar-refractivity contribution in [3.63, 3.8) is 0 Å². The summed E-state index contributed by atoms with van der Waals surface area (Å²) in [4.78, 5) is 25.8. The third-order valence-corrected chi connectivity index (χ3v) is 3.58. The van der Waals surface area contributed by atoms with Crippen molar-refractivity contribution in [1.82, 2.24) is 10.2 Å². The molecule has 1 atom stereocenters. The van der Waals surface area contributed by atoms with Gasteiger partial charge in [0, 0.05) is 19.0 Å². The molecule has 0 aromatic carbocycles. The first kappa shape index (κ1) is 15.0. The van der Waals surface area contributed by atoms with Crippen LogP contribution >= 0.6 is 0 Å². The molecular weight excluding hydrogens is 228 g/mol. The molecule has 0 radical (unpaired) electrons. The van der Waals surface area contributed by atoms with Crippen LogP contribution in [0.25, 0.3) is 0 Å². The van der Waals surface area contributed by atoms with E-state index in [0.29, 0.717) is 13.0 Å². The van der Waals surface area contributed by atoms with Crippen LogP contribution in [0.4, 0.5) is 0 Å². The Morgan fingerprint density at radius 3 is 2.61 bits per heavy atom. The summed E-state index contributed by atoms with van der Waals surface area (Å²) in [6.45, 7) is 8.36. The minimum absolute atomic E-state index is 0.0309. The van der Waals surface area contributed by atoms with Crippen LogP contribution in [0.5, 0.6) is 0 Å². The maximum absolute atomic E-state index is 12.4. The van der Waals surface area contributed by atoms with Gasteiger partial charge in [0.2, 0.25) is 11.8 Å². The first-order chi connectivity index (χ1) is 8.38. The van der Waals surface area contributed by atoms with Crippen molar-refractivity contribution in [2.75, 3.05) is 6.54 Å². The largest absolute Gasteiger partial charge is 0.342 e. The van der Waals surface area contributed by atoms with Crippen LogP contribution in [-0.2, 0) is 9.59 Å². The van der Waals surface area contributed by atoms with Gasteiger partial charge in [-0.05, 0) is 27.2 Å². The molecule has 1 aliphatic rings. The Morgan fingerprint density at radius 2 is 2.00 bits per heavy atom. The van der Waals surface area contributed by atoms with E-state index in [9.17, 15) is 9.59 Å². The summed E-state index contributed by atoms with van der Waals surface area (Å²) in [6, 6.07) is 0.219. The maximum Gasteiger partial charge on any atom is 0.247 e. The smallest absolute Gasteiger partial charge is 0.247 e. The molecule has 4 nitrogen and oxygen atoms in total. The molecule has 1 fully saturated rings. The Balaban J connectivity index is 2.68. The lowest BCUT2D eigenvalue weighted by Crippen LogP contribution is -2.54. The number of nitrogens with zero attached hydrogens (tertiary/aromatic N) is 1. The second kappa shape index (κ2) is 6.21. The summed E-state index contributed by atoms with van der Waals surface area (Å²) in [6.07, 6.45) is 4.96. The van der Waals surface area contributed by atoms with Crippen LogP contribution in [0.1, 0.15) is 59.8 Å². The predicted octanol–water partition coefficient (Wildman–Crippen LogP) is 2.08. The highest BCUT2D eigenvalue weighted by molar-refractivity contribution is 5.92. The van der Waals surface area contributed by atoms with Crippen LogP contribution in [0.15, 0.2) is 0 Å². The van der Waals surface area contributed by atoms with Gasteiger partial charge >= 0.3 is 0 Å². The first-order valence-electron chi connectivity index (χ1n) is 7.00. The van der Waals surface area contributed by atoms with Crippen LogP contribution in [0.3, 0.4) is 0 Å². The average Bonchev–Trinajstić information content (AvgIpc) is 2.37. The Labute approximate surface area is 110 Å². The number of nitrogens with one attached hydrogen (secondary N) is 1. The number of carbonyl (C=O) groups is 2. The fourth-order valence-corrected chi connectivity index (χ4v) is 2.41. The normalized spacial score (nSPS) is 21.4. The molecule has 1 heterocycles. The van der Waals surface area contributed by atoms with E-state index in [0.717, 1.165) is 12.8 Å². The molecule has 0 bridgehead atoms. The molecule has 1 N–H and O–H groups in total. The van der Waals surface area contributed by atoms with Gasteiger partial charge in [0.25, 0.3) is 0 Å². The highest BCUT2D eigenvalue weighted by atomic mass is 16.2. The van der Waals surface area contributed by atoms with Crippen LogP contribution in [0.2, 0.25) is 0 Å². The van der Waals surface area contributed by atoms with E-state index in [1.807, 2.05) is 4.90 Å². The van der Waals surface area contributed by atoms with E-state index >= 15 is 0 Å². The second-order valence-corrected chi connectivity index (χ2v) is 5.77. The van der Waals surface area contributed by atoms with Crippen molar-refractivity contribution in [1.29, 1.82) is 0 Å². The highest BCUT2D eigenvalue weighted by Gasteiger charge is 2.37. The first-order valence-corrected chi connectivity index (χ1v) is 7.00. The highest BCUT2D eigenvalue weighted by Crippen LogP contribution is 2.18. The molecule has 0 aromatic rings. The second-order valence-electron chi connectivity index (χ2n) is 5.77. The topological polar surface area (TPSA) is 49.4 Å². The fourth-order valence-electron chi connectivity index (χ4n) is 2.41. The van der Waals surface area contributed by atoms with Gasteiger partial charge in [-0.15, -0.1) is 0 Å². The van der Waals surface area contributed by atoms with E-state index < -0.39 is 5.54 Å². The molecule has 1 aliphatic heterocycles. The van der Waals surface area contributed by atoms with E-state index in [-0.39, 0.29) is 17.9 Å². The Bertz CT molecular complexity index is 313. The molecule has 0 aromatic heterocycles. The van der Waals surface area contributed by atoms with Crippen molar-refractivity contribution in [3.8, 4) is 0 Å². The summed E-state index contributed by atoms with van der Waals surface area (Å²) < 4.78 is 0. The van der Waals surface area contributed by atoms with Gasteiger partial charge in [0.15, 0.2) is 0 Å². The standard InChI is InChI=1S/C14H26N2O2/c1-5-6-7-8-11(2)16-10-9-12(17)15-14(3,4)13(16)18/h11H,5-10H2,1-4H3,(H,15,17). The fraction of sp³-hybridized carbons (Fsp3) is 0.857. The third-order valence-electron chi connectivity index (χ3n) is 3.58. The SMILES string of the molecule is CCCCCC(C)N1CCC(=O)NC(C)(C)C1=O. The number of unbranched alkanes of at least 4 members (excludes halogenated alkanes) is 2. The lowest BCUT2D eigenvalue weighted by molar-refractivity contribution is -0.139. The predicted molar refractivity (Wildman–Crippen MR) is 72.2 cm³/mol. The third kappa shape index (κ3) is 3.72. The average molecular weight is 254 g/mol. The molecule has 104 valence electrons. The van der Waals surface area contributed by atoms with Crippen LogP contribution in [-0.4, -0.2) is 34.8 Å². The molecule has 1 unspecified atom stereocenters. The summed E-state index contributed by atoms with van der Waals surface area (Å²) in [5.74, 6) is 0.00829. The van der Waals surface area contributed by atoms with Crippen molar-refractivity contribution < 1.29 is 9.59 Å². The number of rotatable bonds is 5. The minimum atomic E-state index is -0.771. The van der Waals surface area contributed by atoms with E-state index in [4.69, 9.17) is 0 Å². The molecule has 2 amide bonds. The Kier molecular flexibility index (Phi) is 5.17. The zero-order valence-corrected chi connectivity index (χ0v) is 12.1. The molecule has 4 heteroatoms. The minimum Gasteiger partial charge on any atom is -0.342 e. The summed E-state index contributed by atoms with van der Waals surface area (Å²) in [7, 11) is 0. The quantitative estimate of drug-likeness (QED) is 0.764. The lowest BCUT2D eigenvalue weighted by atomic mass is 10.0. The molecule has 0 aliphatic carbocycles. The Morgan fingerprint density at radius 1 is 1.33 bits per heavy atom. The van der Waals surface area contributed by atoms with Gasteiger partial charge in [-0.3, -0.25) is 9.59 Å². The number of hydrogen-bond acceptors (Lipinski definition) is 2. The summed E-state index contributed by atoms with van der Waals surface area (Å²) >= 11 is 0. The van der Waals surface area contributed by atoms with E-state index in [1.54, 1.807) is 13.8 Å². The molecule has 1 saturated heterocycles. The van der Waals surface area contributed by atoms with Crippen molar-refractivity contribution in [3.05, 3.63) is 0 Å². The molecule has 0 saturated carbocycles. The van der Waals surface area contributed by atoms with Crippen molar-refractivity contribution >= 4 is 11.8 Å². The van der Waals surface area contributed by atoms with E-state index in [2.05, 4.69) is 19.2 Å². The van der Waals surface area contributed by atoms with Crippen molar-refractivity contribution in [2.45, 2.75) is 71.4 Å². The maximum atomic E-state index is 12.4. The van der Waals surface area contributed by atoms with Gasteiger partial charge in [-0.1, -0.05) is 26.2 Å². The molecule has 1 rings (SSSR count). The summed E-state index contributed by atoms with van der Waals surface area (Å²) in [5.41, 5.74) is -0.771. The number of amides is 2. The van der Waals surface area contributed by atoms with Crippen LogP contribution in [0, 0.1) is 0 Å². The van der Waals surface area contributed by atoms with Gasteiger partial charge in [-0.2, -0.15) is 0 Å². The number of carbonyl (C=O) groups excluding carboxylic acids is 2. The van der Waals surface area contributed by atoms with Crippen LogP contribution < -0.4 is 5.32 Å². The molecule has 18 heavy (non-hydrogen) atoms. The van der Waals surface area contributed by atoms with Crippen molar-refractivity contribution in [2.24, 2.45) is 0 Å². The molecular formula is C14H26N2O2. The number of hydrogen-bond donors (Lipinski definition) is 1. The zero-order chi connectivity index (χ0) is 13.8. The molecule has 0 spiro atoms.